The first-order chi connectivity index (χ1) is 8.86. The highest BCUT2D eigenvalue weighted by atomic mass is 16.5. The second-order valence-electron chi connectivity index (χ2n) is 4.57. The summed E-state index contributed by atoms with van der Waals surface area (Å²) in [6.07, 6.45) is 1.09. The summed E-state index contributed by atoms with van der Waals surface area (Å²) in [6.45, 7) is 4.75. The molecule has 0 amide bonds. The zero-order valence-corrected chi connectivity index (χ0v) is 10.6. The summed E-state index contributed by atoms with van der Waals surface area (Å²) in [5, 5.41) is 3.39. The minimum absolute atomic E-state index is 0.710. The average Bonchev–Trinajstić information content (AvgIpc) is 2.84. The third-order valence-corrected chi connectivity index (χ3v) is 3.34. The molecule has 3 nitrogen and oxygen atoms in total. The van der Waals surface area contributed by atoms with E-state index >= 15 is 0 Å². The van der Waals surface area contributed by atoms with Gasteiger partial charge in [-0.15, -0.1) is 0 Å². The molecule has 0 saturated heterocycles. The van der Waals surface area contributed by atoms with Gasteiger partial charge in [0, 0.05) is 30.9 Å². The fraction of sp³-hybridized carbons (Fsp3) is 0.333. The van der Waals surface area contributed by atoms with Gasteiger partial charge in [0.15, 0.2) is 0 Å². The highest BCUT2D eigenvalue weighted by Gasteiger charge is 2.12. The molecule has 0 fully saturated rings. The van der Waals surface area contributed by atoms with Crippen LogP contribution in [0.25, 0.3) is 11.3 Å². The van der Waals surface area contributed by atoms with Crippen molar-refractivity contribution < 1.29 is 4.74 Å². The van der Waals surface area contributed by atoms with Gasteiger partial charge in [-0.2, -0.15) is 0 Å². The van der Waals surface area contributed by atoms with Gasteiger partial charge < -0.3 is 15.0 Å². The summed E-state index contributed by atoms with van der Waals surface area (Å²) in [6, 6.07) is 10.5. The van der Waals surface area contributed by atoms with E-state index in [9.17, 15) is 0 Å². The van der Waals surface area contributed by atoms with Crippen LogP contribution in [0, 0.1) is 0 Å². The van der Waals surface area contributed by atoms with Crippen molar-refractivity contribution in [1.82, 2.24) is 10.3 Å². The number of aromatic nitrogens is 1. The number of hydrogen-bond donors (Lipinski definition) is 2. The first-order valence-electron chi connectivity index (χ1n) is 6.51. The number of ether oxygens (including phenoxy) is 1. The fourth-order valence-corrected chi connectivity index (χ4v) is 2.41. The van der Waals surface area contributed by atoms with E-state index < -0.39 is 0 Å². The largest absolute Gasteiger partial charge is 0.494 e. The monoisotopic (exact) mass is 242 g/mol. The molecule has 2 heterocycles. The van der Waals surface area contributed by atoms with Crippen LogP contribution in [0.1, 0.15) is 18.2 Å². The summed E-state index contributed by atoms with van der Waals surface area (Å²) in [4.78, 5) is 3.52. The fourth-order valence-electron chi connectivity index (χ4n) is 2.41. The Morgan fingerprint density at radius 2 is 2.06 bits per heavy atom. The normalized spacial score (nSPS) is 14.3. The number of H-pyrrole nitrogens is 1. The zero-order chi connectivity index (χ0) is 12.4. The third-order valence-electron chi connectivity index (χ3n) is 3.34. The smallest absolute Gasteiger partial charge is 0.119 e. The van der Waals surface area contributed by atoms with Crippen molar-refractivity contribution in [2.24, 2.45) is 0 Å². The van der Waals surface area contributed by atoms with Crippen molar-refractivity contribution in [2.45, 2.75) is 19.9 Å². The van der Waals surface area contributed by atoms with Crippen molar-refractivity contribution >= 4 is 0 Å². The first-order valence-corrected chi connectivity index (χ1v) is 6.51. The van der Waals surface area contributed by atoms with Gasteiger partial charge >= 0.3 is 0 Å². The molecule has 94 valence electrons. The number of aromatic amines is 1. The van der Waals surface area contributed by atoms with Crippen LogP contribution in [0.3, 0.4) is 0 Å². The summed E-state index contributed by atoms with van der Waals surface area (Å²) >= 11 is 0. The van der Waals surface area contributed by atoms with E-state index in [1.807, 2.05) is 19.1 Å². The molecule has 1 aliphatic rings. The number of hydrogen-bond acceptors (Lipinski definition) is 2. The lowest BCUT2D eigenvalue weighted by Gasteiger charge is -2.11. The molecule has 0 aliphatic carbocycles. The molecule has 1 aliphatic heterocycles. The first kappa shape index (κ1) is 11.4. The van der Waals surface area contributed by atoms with Gasteiger partial charge in [0.25, 0.3) is 0 Å². The maximum absolute atomic E-state index is 5.46. The molecule has 2 N–H and O–H groups in total. The van der Waals surface area contributed by atoms with Gasteiger partial charge in [-0.25, -0.2) is 0 Å². The number of nitrogens with one attached hydrogen (secondary N) is 2. The summed E-state index contributed by atoms with van der Waals surface area (Å²) in [5.41, 5.74) is 5.18. The Balaban J connectivity index is 1.87. The molecule has 18 heavy (non-hydrogen) atoms. The molecular weight excluding hydrogens is 224 g/mol. The molecule has 0 radical (unpaired) electrons. The van der Waals surface area contributed by atoms with Gasteiger partial charge in [-0.1, -0.05) is 0 Å². The zero-order valence-electron chi connectivity index (χ0n) is 10.6. The molecule has 0 unspecified atom stereocenters. The molecule has 0 atom stereocenters. The van der Waals surface area contributed by atoms with Crippen LogP contribution >= 0.6 is 0 Å². The highest BCUT2D eigenvalue weighted by molar-refractivity contribution is 5.62. The summed E-state index contributed by atoms with van der Waals surface area (Å²) < 4.78 is 5.46. The van der Waals surface area contributed by atoms with E-state index in [1.165, 1.54) is 22.5 Å². The quantitative estimate of drug-likeness (QED) is 0.868. The molecule has 0 saturated carbocycles. The Morgan fingerprint density at radius 3 is 2.78 bits per heavy atom. The van der Waals surface area contributed by atoms with Gasteiger partial charge in [-0.3, -0.25) is 0 Å². The summed E-state index contributed by atoms with van der Waals surface area (Å²) in [7, 11) is 0. The topological polar surface area (TPSA) is 37.0 Å². The van der Waals surface area contributed by atoms with Crippen molar-refractivity contribution in [3.8, 4) is 17.0 Å². The lowest BCUT2D eigenvalue weighted by Crippen LogP contribution is -2.22. The van der Waals surface area contributed by atoms with E-state index in [0.717, 1.165) is 25.3 Å². The van der Waals surface area contributed by atoms with Crippen LogP contribution in [0.5, 0.6) is 5.75 Å². The summed E-state index contributed by atoms with van der Waals surface area (Å²) in [5.74, 6) is 0.930. The van der Waals surface area contributed by atoms with Crippen molar-refractivity contribution in [3.63, 3.8) is 0 Å². The lowest BCUT2D eigenvalue weighted by molar-refractivity contribution is 0.340. The maximum Gasteiger partial charge on any atom is 0.119 e. The van der Waals surface area contributed by atoms with E-state index in [-0.39, 0.29) is 0 Å². The predicted molar refractivity (Wildman–Crippen MR) is 72.8 cm³/mol. The molecule has 1 aromatic heterocycles. The number of fused-ring (bicyclic) bond motifs is 1. The Morgan fingerprint density at radius 1 is 1.22 bits per heavy atom. The average molecular weight is 242 g/mol. The minimum Gasteiger partial charge on any atom is -0.494 e. The second kappa shape index (κ2) is 4.86. The van der Waals surface area contributed by atoms with Crippen LogP contribution in [-0.2, 0) is 13.0 Å². The van der Waals surface area contributed by atoms with Gasteiger partial charge in [-0.05, 0) is 48.4 Å². The predicted octanol–water partition coefficient (Wildman–Crippen LogP) is 2.73. The van der Waals surface area contributed by atoms with Crippen molar-refractivity contribution in [2.75, 3.05) is 13.2 Å². The van der Waals surface area contributed by atoms with E-state index in [2.05, 4.69) is 28.5 Å². The minimum atomic E-state index is 0.710. The Kier molecular flexibility index (Phi) is 3.07. The molecule has 3 rings (SSSR count). The molecule has 3 heteroatoms. The van der Waals surface area contributed by atoms with E-state index in [0.29, 0.717) is 6.61 Å². The number of benzene rings is 1. The van der Waals surface area contributed by atoms with Crippen LogP contribution in [0.2, 0.25) is 0 Å². The third kappa shape index (κ3) is 2.14. The van der Waals surface area contributed by atoms with Crippen LogP contribution in [-0.4, -0.2) is 18.1 Å². The maximum atomic E-state index is 5.46. The molecule has 2 aromatic rings. The number of rotatable bonds is 3. The van der Waals surface area contributed by atoms with Crippen LogP contribution in [0.15, 0.2) is 30.3 Å². The van der Waals surface area contributed by atoms with Crippen LogP contribution < -0.4 is 10.1 Å². The standard InChI is InChI=1S/C15H18N2O/c1-2-18-13-5-3-11(4-6-13)15-9-12-10-16-8-7-14(12)17-15/h3-6,9,16-17H,2,7-8,10H2,1H3. The van der Waals surface area contributed by atoms with E-state index in [1.54, 1.807) is 0 Å². The Bertz CT molecular complexity index is 504. The molecule has 0 bridgehead atoms. The van der Waals surface area contributed by atoms with Crippen LogP contribution in [0.4, 0.5) is 0 Å². The second-order valence-corrected chi connectivity index (χ2v) is 4.57. The van der Waals surface area contributed by atoms with Crippen molar-refractivity contribution in [3.05, 3.63) is 41.6 Å². The van der Waals surface area contributed by atoms with Gasteiger partial charge in [0.2, 0.25) is 0 Å². The molecule has 0 spiro atoms. The highest BCUT2D eigenvalue weighted by Crippen LogP contribution is 2.25. The van der Waals surface area contributed by atoms with E-state index in [4.69, 9.17) is 4.74 Å². The van der Waals surface area contributed by atoms with Gasteiger partial charge in [0.05, 0.1) is 6.61 Å². The lowest BCUT2D eigenvalue weighted by atomic mass is 10.1. The Labute approximate surface area is 107 Å². The SMILES string of the molecule is CCOc1ccc(-c2cc3c([nH]2)CCNC3)cc1. The van der Waals surface area contributed by atoms with Crippen molar-refractivity contribution in [1.29, 1.82) is 0 Å². The van der Waals surface area contributed by atoms with Gasteiger partial charge in [0.1, 0.15) is 5.75 Å². The Hall–Kier alpha value is -1.74. The molecule has 1 aromatic carbocycles. The molecular formula is C15H18N2O.